The summed E-state index contributed by atoms with van der Waals surface area (Å²) in [6, 6.07) is 28.3. The zero-order valence-corrected chi connectivity index (χ0v) is 16.5. The minimum Gasteiger partial charge on any atom is -0.368 e. The van der Waals surface area contributed by atoms with Gasteiger partial charge >= 0.3 is 0 Å². The highest BCUT2D eigenvalue weighted by Gasteiger charge is 2.08. The third-order valence-corrected chi connectivity index (χ3v) is 5.82. The first-order chi connectivity index (χ1) is 14.9. The molecule has 0 atom stereocenters. The number of allylic oxidation sites excluding steroid dienone is 2. The maximum Gasteiger partial charge on any atom is 0.110 e. The summed E-state index contributed by atoms with van der Waals surface area (Å²) in [4.78, 5) is 0. The van der Waals surface area contributed by atoms with Gasteiger partial charge in [-0.3, -0.25) is 0 Å². The Kier molecular flexibility index (Phi) is 3.85. The highest BCUT2D eigenvalue weighted by atomic mass is 15.1. The van der Waals surface area contributed by atoms with Crippen LogP contribution in [-0.2, 0) is 0 Å². The van der Waals surface area contributed by atoms with Crippen molar-refractivity contribution in [3.8, 4) is 16.8 Å². The van der Waals surface area contributed by atoms with E-state index in [9.17, 15) is 0 Å². The second-order valence-electron chi connectivity index (χ2n) is 7.61. The van der Waals surface area contributed by atoms with E-state index in [1.54, 1.807) is 0 Å². The van der Waals surface area contributed by atoms with E-state index in [1.165, 1.54) is 38.6 Å². The van der Waals surface area contributed by atoms with Crippen LogP contribution in [0.5, 0.6) is 0 Å². The van der Waals surface area contributed by atoms with Gasteiger partial charge in [0.05, 0.1) is 11.0 Å². The van der Waals surface area contributed by atoms with Crippen LogP contribution in [0.3, 0.4) is 0 Å². The van der Waals surface area contributed by atoms with Crippen LogP contribution >= 0.6 is 0 Å². The first-order valence-electron chi connectivity index (χ1n) is 10.3. The Morgan fingerprint density at radius 2 is 1.43 bits per heavy atom. The van der Waals surface area contributed by atoms with E-state index < -0.39 is 0 Å². The number of para-hydroxylation sites is 1. The van der Waals surface area contributed by atoms with Crippen LogP contribution in [0.25, 0.3) is 44.4 Å². The summed E-state index contributed by atoms with van der Waals surface area (Å²) in [6.07, 6.45) is 10.6. The first-order valence-corrected chi connectivity index (χ1v) is 10.3. The first kappa shape index (κ1) is 16.9. The molecule has 5 aromatic rings. The van der Waals surface area contributed by atoms with Crippen molar-refractivity contribution < 1.29 is 0 Å². The van der Waals surface area contributed by atoms with E-state index in [2.05, 4.69) is 124 Å². The van der Waals surface area contributed by atoms with Crippen LogP contribution < -0.4 is 5.32 Å². The fraction of sp³-hybridized carbons (Fsp3) is 0.0370. The molecule has 0 saturated heterocycles. The minimum absolute atomic E-state index is 0.868. The molecule has 3 heterocycles. The van der Waals surface area contributed by atoms with Gasteiger partial charge in [-0.25, -0.2) is 0 Å². The van der Waals surface area contributed by atoms with Crippen LogP contribution in [-0.4, -0.2) is 15.7 Å². The van der Waals surface area contributed by atoms with Gasteiger partial charge in [-0.1, -0.05) is 48.6 Å². The van der Waals surface area contributed by atoms with Crippen LogP contribution in [0.4, 0.5) is 0 Å². The van der Waals surface area contributed by atoms with Crippen molar-refractivity contribution in [3.63, 3.8) is 0 Å². The average molecular weight is 387 g/mol. The zero-order valence-electron chi connectivity index (χ0n) is 16.5. The number of benzene rings is 3. The van der Waals surface area contributed by atoms with Crippen LogP contribution in [0.15, 0.2) is 109 Å². The van der Waals surface area contributed by atoms with Gasteiger partial charge in [-0.05, 0) is 65.1 Å². The third-order valence-electron chi connectivity index (χ3n) is 5.82. The maximum absolute atomic E-state index is 3.43. The predicted molar refractivity (Wildman–Crippen MR) is 126 cm³/mol. The normalized spacial score (nSPS) is 13.5. The lowest BCUT2D eigenvalue weighted by Gasteiger charge is -2.14. The van der Waals surface area contributed by atoms with E-state index in [1.807, 2.05) is 0 Å². The second kappa shape index (κ2) is 6.82. The highest BCUT2D eigenvalue weighted by Crippen LogP contribution is 2.28. The standard InChI is InChI=1S/C27H21N3/c1-2-6-25-21(5-1)14-17-29(25)24-11-8-20(9-12-24)22-10-13-26-23(19-22)15-18-30(26)27-7-3-4-16-28-27/h1-15,17-19,28H,16H2. The number of hydrogen-bond acceptors (Lipinski definition) is 1. The quantitative estimate of drug-likeness (QED) is 0.390. The summed E-state index contributed by atoms with van der Waals surface area (Å²) in [5.74, 6) is 1.11. The average Bonchev–Trinajstić information content (AvgIpc) is 3.44. The minimum atomic E-state index is 0.868. The summed E-state index contributed by atoms with van der Waals surface area (Å²) >= 11 is 0. The smallest absolute Gasteiger partial charge is 0.110 e. The van der Waals surface area contributed by atoms with E-state index in [-0.39, 0.29) is 0 Å². The number of aromatic nitrogens is 2. The Morgan fingerprint density at radius 1 is 0.667 bits per heavy atom. The number of nitrogens with one attached hydrogen (secondary N) is 1. The molecular weight excluding hydrogens is 366 g/mol. The maximum atomic E-state index is 3.43. The number of hydrogen-bond donors (Lipinski definition) is 1. The van der Waals surface area contributed by atoms with Crippen LogP contribution in [0.1, 0.15) is 0 Å². The lowest BCUT2D eigenvalue weighted by Crippen LogP contribution is -2.18. The van der Waals surface area contributed by atoms with Crippen molar-refractivity contribution in [1.82, 2.24) is 14.5 Å². The lowest BCUT2D eigenvalue weighted by atomic mass is 10.0. The summed E-state index contributed by atoms with van der Waals surface area (Å²) in [7, 11) is 0. The molecule has 2 aromatic heterocycles. The Labute approximate surface area is 175 Å². The lowest BCUT2D eigenvalue weighted by molar-refractivity contribution is 0.909. The molecule has 0 aliphatic carbocycles. The van der Waals surface area contributed by atoms with Crippen LogP contribution in [0, 0.1) is 0 Å². The van der Waals surface area contributed by atoms with Crippen LogP contribution in [0.2, 0.25) is 0 Å². The molecule has 6 rings (SSSR count). The molecular formula is C27H21N3. The van der Waals surface area contributed by atoms with Crippen molar-refractivity contribution in [1.29, 1.82) is 0 Å². The molecule has 0 radical (unpaired) electrons. The Morgan fingerprint density at radius 3 is 2.30 bits per heavy atom. The molecule has 0 unspecified atom stereocenters. The molecule has 0 saturated carbocycles. The van der Waals surface area contributed by atoms with Crippen molar-refractivity contribution in [3.05, 3.63) is 109 Å². The molecule has 0 fully saturated rings. The van der Waals surface area contributed by atoms with Gasteiger partial charge < -0.3 is 14.5 Å². The fourth-order valence-corrected chi connectivity index (χ4v) is 4.27. The molecule has 3 aromatic carbocycles. The molecule has 1 aliphatic heterocycles. The van der Waals surface area contributed by atoms with Crippen molar-refractivity contribution in [2.24, 2.45) is 0 Å². The number of dihydropyridines is 1. The van der Waals surface area contributed by atoms with Gasteiger partial charge in [0.1, 0.15) is 5.82 Å². The van der Waals surface area contributed by atoms with Crippen molar-refractivity contribution in [2.45, 2.75) is 0 Å². The van der Waals surface area contributed by atoms with Gasteiger partial charge in [0.25, 0.3) is 0 Å². The van der Waals surface area contributed by atoms with Gasteiger partial charge in [-0.15, -0.1) is 0 Å². The van der Waals surface area contributed by atoms with Gasteiger partial charge in [0, 0.05) is 30.0 Å². The summed E-state index contributed by atoms with van der Waals surface area (Å²) in [5, 5.41) is 5.93. The monoisotopic (exact) mass is 387 g/mol. The number of nitrogens with zero attached hydrogens (tertiary/aromatic N) is 2. The largest absolute Gasteiger partial charge is 0.368 e. The Hall–Kier alpha value is -3.98. The van der Waals surface area contributed by atoms with Gasteiger partial charge in [0.15, 0.2) is 0 Å². The molecule has 0 amide bonds. The number of fused-ring (bicyclic) bond motifs is 2. The summed E-state index contributed by atoms with van der Waals surface area (Å²) in [6.45, 7) is 0.868. The van der Waals surface area contributed by atoms with E-state index in [0.717, 1.165) is 12.4 Å². The molecule has 1 aliphatic rings. The molecule has 3 nitrogen and oxygen atoms in total. The van der Waals surface area contributed by atoms with E-state index in [0.29, 0.717) is 0 Å². The summed E-state index contributed by atoms with van der Waals surface area (Å²) in [5.41, 5.74) is 6.07. The molecule has 0 spiro atoms. The van der Waals surface area contributed by atoms with Crippen molar-refractivity contribution >= 4 is 27.6 Å². The molecule has 0 bridgehead atoms. The fourth-order valence-electron chi connectivity index (χ4n) is 4.27. The molecule has 1 N–H and O–H groups in total. The predicted octanol–water partition coefficient (Wildman–Crippen LogP) is 6.21. The highest BCUT2D eigenvalue weighted by molar-refractivity contribution is 5.88. The van der Waals surface area contributed by atoms with E-state index >= 15 is 0 Å². The van der Waals surface area contributed by atoms with Gasteiger partial charge in [-0.2, -0.15) is 0 Å². The number of rotatable bonds is 3. The van der Waals surface area contributed by atoms with Crippen molar-refractivity contribution in [2.75, 3.05) is 6.54 Å². The third kappa shape index (κ3) is 2.75. The SMILES string of the molecule is C1=CCNC(n2ccc3cc(-c4ccc(-n5ccc6ccccc65)cc4)ccc32)=C1. The van der Waals surface area contributed by atoms with Gasteiger partial charge in [0.2, 0.25) is 0 Å². The Bertz CT molecular complexity index is 1430. The zero-order chi connectivity index (χ0) is 19.9. The molecule has 30 heavy (non-hydrogen) atoms. The summed E-state index contributed by atoms with van der Waals surface area (Å²) < 4.78 is 4.45. The Balaban J connectivity index is 1.35. The molecule has 144 valence electrons. The topological polar surface area (TPSA) is 21.9 Å². The molecule has 3 heteroatoms. The second-order valence-corrected chi connectivity index (χ2v) is 7.61. The van der Waals surface area contributed by atoms with E-state index in [4.69, 9.17) is 0 Å².